The summed E-state index contributed by atoms with van der Waals surface area (Å²) in [6.45, 7) is 0.594. The summed E-state index contributed by atoms with van der Waals surface area (Å²) in [5, 5.41) is 5.69. The molecule has 0 spiro atoms. The smallest absolute Gasteiger partial charge is 0.316 e. The zero-order chi connectivity index (χ0) is 12.8. The molecule has 6 nitrogen and oxygen atoms in total. The zero-order valence-corrected chi connectivity index (χ0v) is 9.63. The van der Waals surface area contributed by atoms with E-state index in [2.05, 4.69) is 20.6 Å². The van der Waals surface area contributed by atoms with Crippen LogP contribution in [-0.2, 0) is 6.54 Å². The highest BCUT2D eigenvalue weighted by Gasteiger charge is 1.97. The molecule has 1 aromatic carbocycles. The second-order valence-corrected chi connectivity index (χ2v) is 3.62. The lowest BCUT2D eigenvalue weighted by Gasteiger charge is -2.07. The fourth-order valence-electron chi connectivity index (χ4n) is 1.43. The standard InChI is InChI=1S/C12H13N5O/c13-12(18)17-10-3-1-9(2-4-10)16-8-11-7-14-5-6-15-11/h1-7,16H,8H2,(H3,13,17,18). The average Bonchev–Trinajstić information content (AvgIpc) is 2.38. The van der Waals surface area contributed by atoms with Crippen molar-refractivity contribution in [3.63, 3.8) is 0 Å². The second kappa shape index (κ2) is 5.62. The van der Waals surface area contributed by atoms with E-state index in [0.717, 1.165) is 11.4 Å². The fourth-order valence-corrected chi connectivity index (χ4v) is 1.43. The first-order valence-corrected chi connectivity index (χ1v) is 5.39. The molecule has 0 atom stereocenters. The monoisotopic (exact) mass is 243 g/mol. The van der Waals surface area contributed by atoms with Gasteiger partial charge in [-0.2, -0.15) is 0 Å². The van der Waals surface area contributed by atoms with Crippen LogP contribution in [0.5, 0.6) is 0 Å². The quantitative estimate of drug-likeness (QED) is 0.760. The minimum Gasteiger partial charge on any atom is -0.379 e. The molecule has 0 saturated carbocycles. The molecule has 4 N–H and O–H groups in total. The number of amides is 2. The number of benzene rings is 1. The maximum absolute atomic E-state index is 10.6. The first kappa shape index (κ1) is 11.8. The van der Waals surface area contributed by atoms with Gasteiger partial charge in [-0.15, -0.1) is 0 Å². The molecule has 0 radical (unpaired) electrons. The molecule has 0 unspecified atom stereocenters. The van der Waals surface area contributed by atoms with E-state index in [0.29, 0.717) is 12.2 Å². The van der Waals surface area contributed by atoms with Crippen LogP contribution in [-0.4, -0.2) is 16.0 Å². The SMILES string of the molecule is NC(=O)Nc1ccc(NCc2cnccn2)cc1. The van der Waals surface area contributed by atoms with Crippen molar-refractivity contribution in [1.29, 1.82) is 0 Å². The predicted molar refractivity (Wildman–Crippen MR) is 69.0 cm³/mol. The third kappa shape index (κ3) is 3.44. The largest absolute Gasteiger partial charge is 0.379 e. The van der Waals surface area contributed by atoms with Crippen molar-refractivity contribution in [1.82, 2.24) is 9.97 Å². The van der Waals surface area contributed by atoms with Crippen molar-refractivity contribution < 1.29 is 4.79 Å². The lowest BCUT2D eigenvalue weighted by molar-refractivity contribution is 0.259. The molecule has 0 bridgehead atoms. The molecule has 0 aliphatic carbocycles. The Hall–Kier alpha value is -2.63. The number of rotatable bonds is 4. The van der Waals surface area contributed by atoms with Gasteiger partial charge in [0, 0.05) is 23.8 Å². The molecular formula is C12H13N5O. The number of carbonyl (C=O) groups excluding carboxylic acids is 1. The van der Waals surface area contributed by atoms with E-state index in [4.69, 9.17) is 5.73 Å². The van der Waals surface area contributed by atoms with Crippen LogP contribution in [0.3, 0.4) is 0 Å². The van der Waals surface area contributed by atoms with E-state index in [1.807, 2.05) is 12.1 Å². The van der Waals surface area contributed by atoms with E-state index in [1.165, 1.54) is 0 Å². The second-order valence-electron chi connectivity index (χ2n) is 3.62. The van der Waals surface area contributed by atoms with Crippen molar-refractivity contribution >= 4 is 17.4 Å². The zero-order valence-electron chi connectivity index (χ0n) is 9.63. The number of hydrogen-bond donors (Lipinski definition) is 3. The van der Waals surface area contributed by atoms with Gasteiger partial charge in [-0.1, -0.05) is 0 Å². The average molecular weight is 243 g/mol. The van der Waals surface area contributed by atoms with Gasteiger partial charge in [0.25, 0.3) is 0 Å². The summed E-state index contributed by atoms with van der Waals surface area (Å²) in [6, 6.07) is 6.66. The van der Waals surface area contributed by atoms with Crippen molar-refractivity contribution in [2.75, 3.05) is 10.6 Å². The number of anilines is 2. The van der Waals surface area contributed by atoms with Crippen LogP contribution in [0.25, 0.3) is 0 Å². The molecule has 2 amide bonds. The normalized spacial score (nSPS) is 9.78. The highest BCUT2D eigenvalue weighted by atomic mass is 16.2. The Labute approximate surface area is 104 Å². The summed E-state index contributed by atoms with van der Waals surface area (Å²) in [6.07, 6.45) is 4.99. The maximum Gasteiger partial charge on any atom is 0.316 e. The molecule has 0 fully saturated rings. The highest BCUT2D eigenvalue weighted by Crippen LogP contribution is 2.13. The number of aromatic nitrogens is 2. The molecule has 6 heteroatoms. The summed E-state index contributed by atoms with van der Waals surface area (Å²) in [4.78, 5) is 18.8. The van der Waals surface area contributed by atoms with Crippen LogP contribution in [0.1, 0.15) is 5.69 Å². The van der Waals surface area contributed by atoms with Gasteiger partial charge in [0.05, 0.1) is 18.4 Å². The maximum atomic E-state index is 10.6. The molecule has 1 aromatic heterocycles. The van der Waals surface area contributed by atoms with Gasteiger partial charge in [0.15, 0.2) is 0 Å². The first-order chi connectivity index (χ1) is 8.74. The van der Waals surface area contributed by atoms with Crippen molar-refractivity contribution in [3.05, 3.63) is 48.5 Å². The van der Waals surface area contributed by atoms with Gasteiger partial charge in [0.2, 0.25) is 0 Å². The summed E-state index contributed by atoms with van der Waals surface area (Å²) < 4.78 is 0. The summed E-state index contributed by atoms with van der Waals surface area (Å²) in [7, 11) is 0. The molecular weight excluding hydrogens is 230 g/mol. The summed E-state index contributed by atoms with van der Waals surface area (Å²) >= 11 is 0. The number of nitrogens with two attached hydrogens (primary N) is 1. The predicted octanol–water partition coefficient (Wildman–Crippen LogP) is 1.58. The Kier molecular flexibility index (Phi) is 3.70. The van der Waals surface area contributed by atoms with Gasteiger partial charge in [-0.3, -0.25) is 9.97 Å². The molecule has 2 rings (SSSR count). The van der Waals surface area contributed by atoms with E-state index >= 15 is 0 Å². The summed E-state index contributed by atoms with van der Waals surface area (Å²) in [5.74, 6) is 0. The highest BCUT2D eigenvalue weighted by molar-refractivity contribution is 5.87. The number of carbonyl (C=O) groups is 1. The van der Waals surface area contributed by atoms with E-state index in [-0.39, 0.29) is 0 Å². The van der Waals surface area contributed by atoms with Gasteiger partial charge in [0.1, 0.15) is 0 Å². The van der Waals surface area contributed by atoms with Crippen LogP contribution in [0.15, 0.2) is 42.9 Å². The van der Waals surface area contributed by atoms with Crippen LogP contribution in [0, 0.1) is 0 Å². The minimum atomic E-state index is -0.574. The number of primary amides is 1. The Morgan fingerprint density at radius 2 is 1.89 bits per heavy atom. The molecule has 18 heavy (non-hydrogen) atoms. The molecule has 0 aliphatic rings. The number of hydrogen-bond acceptors (Lipinski definition) is 4. The van der Waals surface area contributed by atoms with Crippen LogP contribution < -0.4 is 16.4 Å². The van der Waals surface area contributed by atoms with Gasteiger partial charge >= 0.3 is 6.03 Å². The number of nitrogens with zero attached hydrogens (tertiary/aromatic N) is 2. The molecule has 92 valence electrons. The summed E-state index contributed by atoms with van der Waals surface area (Å²) in [5.41, 5.74) is 7.46. The lowest BCUT2D eigenvalue weighted by Crippen LogP contribution is -2.19. The van der Waals surface area contributed by atoms with Gasteiger partial charge < -0.3 is 16.4 Å². The Balaban J connectivity index is 1.92. The van der Waals surface area contributed by atoms with Crippen molar-refractivity contribution in [2.24, 2.45) is 5.73 Å². The van der Waals surface area contributed by atoms with E-state index in [1.54, 1.807) is 30.7 Å². The van der Waals surface area contributed by atoms with E-state index < -0.39 is 6.03 Å². The topological polar surface area (TPSA) is 92.9 Å². The lowest BCUT2D eigenvalue weighted by atomic mass is 10.2. The van der Waals surface area contributed by atoms with Gasteiger partial charge in [-0.25, -0.2) is 4.79 Å². The van der Waals surface area contributed by atoms with Crippen molar-refractivity contribution in [2.45, 2.75) is 6.54 Å². The fraction of sp³-hybridized carbons (Fsp3) is 0.0833. The third-order valence-electron chi connectivity index (χ3n) is 2.24. The van der Waals surface area contributed by atoms with Crippen LogP contribution >= 0.6 is 0 Å². The van der Waals surface area contributed by atoms with Gasteiger partial charge in [-0.05, 0) is 24.3 Å². The van der Waals surface area contributed by atoms with E-state index in [9.17, 15) is 4.79 Å². The Bertz CT molecular complexity index is 512. The third-order valence-corrected chi connectivity index (χ3v) is 2.24. The van der Waals surface area contributed by atoms with Crippen LogP contribution in [0.4, 0.5) is 16.2 Å². The van der Waals surface area contributed by atoms with Crippen LogP contribution in [0.2, 0.25) is 0 Å². The molecule has 1 heterocycles. The number of nitrogens with one attached hydrogen (secondary N) is 2. The number of urea groups is 1. The first-order valence-electron chi connectivity index (χ1n) is 5.39. The molecule has 2 aromatic rings. The molecule has 0 aliphatic heterocycles. The van der Waals surface area contributed by atoms with Crippen molar-refractivity contribution in [3.8, 4) is 0 Å². The molecule has 0 saturated heterocycles. The Morgan fingerprint density at radius 1 is 1.17 bits per heavy atom. The minimum absolute atomic E-state index is 0.574. The Morgan fingerprint density at radius 3 is 2.50 bits per heavy atom.